The minimum atomic E-state index is -1.19. The molecular weight excluding hydrogens is 285 g/mol. The number of carbonyl (C=O) groups excluding carboxylic acids is 1. The van der Waals surface area contributed by atoms with Gasteiger partial charge in [-0.3, -0.25) is 4.79 Å². The van der Waals surface area contributed by atoms with Crippen molar-refractivity contribution in [3.63, 3.8) is 0 Å². The second-order valence-electron chi connectivity index (χ2n) is 5.14. The van der Waals surface area contributed by atoms with Gasteiger partial charge in [0.05, 0.1) is 6.54 Å². The van der Waals surface area contributed by atoms with E-state index < -0.39 is 17.3 Å². The van der Waals surface area contributed by atoms with Crippen LogP contribution in [0, 0.1) is 5.82 Å². The summed E-state index contributed by atoms with van der Waals surface area (Å²) in [7, 11) is 0. The summed E-state index contributed by atoms with van der Waals surface area (Å²) in [6.07, 6.45) is 0. The first-order valence-corrected chi connectivity index (χ1v) is 6.91. The Kier molecular flexibility index (Phi) is 5.12. The molecule has 0 aromatic heterocycles. The number of halogens is 1. The van der Waals surface area contributed by atoms with E-state index in [9.17, 15) is 14.3 Å². The normalized spacial score (nSPS) is 13.2. The van der Waals surface area contributed by atoms with Crippen molar-refractivity contribution in [2.75, 3.05) is 13.2 Å². The van der Waals surface area contributed by atoms with Gasteiger partial charge in [0, 0.05) is 0 Å². The van der Waals surface area contributed by atoms with Crippen molar-refractivity contribution in [2.45, 2.75) is 12.5 Å². The lowest BCUT2D eigenvalue weighted by molar-refractivity contribution is -0.124. The maximum atomic E-state index is 13.3. The molecule has 2 aromatic carbocycles. The van der Waals surface area contributed by atoms with Crippen LogP contribution in [0.3, 0.4) is 0 Å². The smallest absolute Gasteiger partial charge is 0.258 e. The summed E-state index contributed by atoms with van der Waals surface area (Å²) in [5.74, 6) is -0.932. The number of para-hydroxylation sites is 1. The van der Waals surface area contributed by atoms with Crippen molar-refractivity contribution >= 4 is 5.91 Å². The Hall–Kier alpha value is -2.40. The standard InChI is InChI=1S/C17H18FNO3/c1-17(21,13-7-3-2-4-8-13)12-19-16(20)11-22-15-10-6-5-9-14(15)18/h2-10,21H,11-12H2,1H3,(H,19,20). The molecule has 5 heteroatoms. The first kappa shape index (κ1) is 16.0. The number of hydrogen-bond acceptors (Lipinski definition) is 3. The van der Waals surface area contributed by atoms with Gasteiger partial charge in [0.2, 0.25) is 0 Å². The molecule has 4 nitrogen and oxygen atoms in total. The Morgan fingerprint density at radius 3 is 2.50 bits per heavy atom. The highest BCUT2D eigenvalue weighted by Gasteiger charge is 2.23. The van der Waals surface area contributed by atoms with Gasteiger partial charge in [-0.1, -0.05) is 42.5 Å². The Balaban J connectivity index is 1.84. The quantitative estimate of drug-likeness (QED) is 0.860. The molecule has 1 atom stereocenters. The minimum Gasteiger partial charge on any atom is -0.481 e. The molecule has 22 heavy (non-hydrogen) atoms. The van der Waals surface area contributed by atoms with Gasteiger partial charge in [-0.25, -0.2) is 4.39 Å². The lowest BCUT2D eigenvalue weighted by atomic mass is 9.96. The number of ether oxygens (including phenoxy) is 1. The molecule has 2 aromatic rings. The molecule has 0 aliphatic heterocycles. The molecule has 2 rings (SSSR count). The number of carbonyl (C=O) groups is 1. The third-order valence-electron chi connectivity index (χ3n) is 3.22. The second kappa shape index (κ2) is 7.04. The van der Waals surface area contributed by atoms with Crippen LogP contribution in [0.1, 0.15) is 12.5 Å². The summed E-state index contributed by atoms with van der Waals surface area (Å²) in [6, 6.07) is 14.9. The Morgan fingerprint density at radius 1 is 1.18 bits per heavy atom. The van der Waals surface area contributed by atoms with E-state index in [2.05, 4.69) is 5.32 Å². The van der Waals surface area contributed by atoms with Crippen molar-refractivity contribution in [1.29, 1.82) is 0 Å². The number of amides is 1. The third-order valence-corrected chi connectivity index (χ3v) is 3.22. The molecule has 2 N–H and O–H groups in total. The number of aliphatic hydroxyl groups is 1. The van der Waals surface area contributed by atoms with Crippen molar-refractivity contribution in [3.05, 3.63) is 66.0 Å². The van der Waals surface area contributed by atoms with E-state index in [4.69, 9.17) is 4.74 Å². The number of benzene rings is 2. The molecule has 0 fully saturated rings. The van der Waals surface area contributed by atoms with E-state index in [0.29, 0.717) is 5.56 Å². The van der Waals surface area contributed by atoms with Crippen LogP contribution in [0.5, 0.6) is 5.75 Å². The van der Waals surface area contributed by atoms with Crippen LogP contribution in [-0.2, 0) is 10.4 Å². The molecule has 0 radical (unpaired) electrons. The zero-order valence-corrected chi connectivity index (χ0v) is 12.3. The molecular formula is C17H18FNO3. The Morgan fingerprint density at radius 2 is 1.82 bits per heavy atom. The zero-order chi connectivity index (χ0) is 16.0. The first-order valence-electron chi connectivity index (χ1n) is 6.91. The van der Waals surface area contributed by atoms with Gasteiger partial charge in [-0.2, -0.15) is 0 Å². The number of nitrogens with one attached hydrogen (secondary N) is 1. The summed E-state index contributed by atoms with van der Waals surface area (Å²) in [5.41, 5.74) is -0.486. The van der Waals surface area contributed by atoms with Crippen LogP contribution in [-0.4, -0.2) is 24.2 Å². The van der Waals surface area contributed by atoms with Crippen molar-refractivity contribution in [3.8, 4) is 5.75 Å². The lowest BCUT2D eigenvalue weighted by Crippen LogP contribution is -2.40. The van der Waals surface area contributed by atoms with Crippen molar-refractivity contribution in [2.24, 2.45) is 0 Å². The molecule has 0 aliphatic carbocycles. The molecule has 0 spiro atoms. The van der Waals surface area contributed by atoms with Gasteiger partial charge < -0.3 is 15.2 Å². The topological polar surface area (TPSA) is 58.6 Å². The van der Waals surface area contributed by atoms with E-state index in [1.807, 2.05) is 18.2 Å². The summed E-state index contributed by atoms with van der Waals surface area (Å²) in [4.78, 5) is 11.7. The summed E-state index contributed by atoms with van der Waals surface area (Å²) in [6.45, 7) is 1.34. The van der Waals surface area contributed by atoms with E-state index in [-0.39, 0.29) is 18.9 Å². The number of hydrogen-bond donors (Lipinski definition) is 2. The molecule has 0 bridgehead atoms. The Bertz CT molecular complexity index is 629. The Labute approximate surface area is 128 Å². The second-order valence-corrected chi connectivity index (χ2v) is 5.14. The highest BCUT2D eigenvalue weighted by Crippen LogP contribution is 2.19. The van der Waals surface area contributed by atoms with Crippen LogP contribution in [0.15, 0.2) is 54.6 Å². The predicted molar refractivity (Wildman–Crippen MR) is 80.9 cm³/mol. The molecule has 1 amide bonds. The molecule has 0 aliphatic rings. The molecule has 116 valence electrons. The zero-order valence-electron chi connectivity index (χ0n) is 12.3. The fourth-order valence-corrected chi connectivity index (χ4v) is 1.93. The van der Waals surface area contributed by atoms with Crippen molar-refractivity contribution in [1.82, 2.24) is 5.32 Å². The van der Waals surface area contributed by atoms with Crippen LogP contribution >= 0.6 is 0 Å². The average Bonchev–Trinajstić information content (AvgIpc) is 2.53. The van der Waals surface area contributed by atoms with Gasteiger partial charge in [0.15, 0.2) is 18.2 Å². The number of rotatable bonds is 6. The van der Waals surface area contributed by atoms with E-state index in [1.54, 1.807) is 31.2 Å². The SMILES string of the molecule is CC(O)(CNC(=O)COc1ccccc1F)c1ccccc1. The highest BCUT2D eigenvalue weighted by atomic mass is 19.1. The fraction of sp³-hybridized carbons (Fsp3) is 0.235. The highest BCUT2D eigenvalue weighted by molar-refractivity contribution is 5.77. The molecule has 0 saturated carbocycles. The average molecular weight is 303 g/mol. The summed E-state index contributed by atoms with van der Waals surface area (Å²) < 4.78 is 18.4. The molecule has 0 heterocycles. The van der Waals surface area contributed by atoms with E-state index >= 15 is 0 Å². The van der Waals surface area contributed by atoms with Gasteiger partial charge in [-0.05, 0) is 24.6 Å². The maximum absolute atomic E-state index is 13.3. The van der Waals surface area contributed by atoms with Gasteiger partial charge in [-0.15, -0.1) is 0 Å². The summed E-state index contributed by atoms with van der Waals surface area (Å²) >= 11 is 0. The summed E-state index contributed by atoms with van der Waals surface area (Å²) in [5, 5.41) is 12.9. The van der Waals surface area contributed by atoms with Crippen LogP contribution in [0.25, 0.3) is 0 Å². The van der Waals surface area contributed by atoms with Crippen LogP contribution in [0.4, 0.5) is 4.39 Å². The van der Waals surface area contributed by atoms with Crippen LogP contribution < -0.4 is 10.1 Å². The first-order chi connectivity index (χ1) is 10.5. The fourth-order valence-electron chi connectivity index (χ4n) is 1.93. The van der Waals surface area contributed by atoms with E-state index in [0.717, 1.165) is 0 Å². The van der Waals surface area contributed by atoms with Crippen LogP contribution in [0.2, 0.25) is 0 Å². The van der Waals surface area contributed by atoms with E-state index in [1.165, 1.54) is 12.1 Å². The minimum absolute atomic E-state index is 0.0208. The monoisotopic (exact) mass is 303 g/mol. The third kappa shape index (κ3) is 4.30. The maximum Gasteiger partial charge on any atom is 0.258 e. The van der Waals surface area contributed by atoms with Crippen molar-refractivity contribution < 1.29 is 19.0 Å². The lowest BCUT2D eigenvalue weighted by Gasteiger charge is -2.24. The largest absolute Gasteiger partial charge is 0.481 e. The predicted octanol–water partition coefficient (Wildman–Crippen LogP) is 2.23. The molecule has 0 saturated heterocycles. The van der Waals surface area contributed by atoms with Gasteiger partial charge in [0.25, 0.3) is 5.91 Å². The molecule has 1 unspecified atom stereocenters. The van der Waals surface area contributed by atoms with Gasteiger partial charge in [0.1, 0.15) is 5.60 Å². The van der Waals surface area contributed by atoms with Gasteiger partial charge >= 0.3 is 0 Å².